The van der Waals surface area contributed by atoms with Crippen molar-refractivity contribution in [2.24, 2.45) is 0 Å². The maximum Gasteiger partial charge on any atom is 0.265 e. The lowest BCUT2D eigenvalue weighted by molar-refractivity contribution is 0.409. The first-order valence-corrected chi connectivity index (χ1v) is 5.56. The second kappa shape index (κ2) is 4.86. The Hall–Kier alpha value is -2.04. The average Bonchev–Trinajstić information content (AvgIpc) is 2.75. The SMILES string of the molecule is CCCCc1noc(-c2c(O)cccc2O)n1. The van der Waals surface area contributed by atoms with E-state index in [0.29, 0.717) is 5.82 Å². The highest BCUT2D eigenvalue weighted by atomic mass is 16.5. The quantitative estimate of drug-likeness (QED) is 0.849. The second-order valence-corrected chi connectivity index (χ2v) is 3.79. The number of benzene rings is 1. The number of aromatic hydroxyl groups is 2. The van der Waals surface area contributed by atoms with Gasteiger partial charge in [-0.3, -0.25) is 0 Å². The molecule has 0 saturated heterocycles. The molecule has 2 rings (SSSR count). The molecule has 17 heavy (non-hydrogen) atoms. The van der Waals surface area contributed by atoms with Crippen molar-refractivity contribution in [2.45, 2.75) is 26.2 Å². The predicted octanol–water partition coefficient (Wildman–Crippen LogP) is 2.49. The normalized spacial score (nSPS) is 10.6. The summed E-state index contributed by atoms with van der Waals surface area (Å²) in [6.45, 7) is 2.08. The van der Waals surface area contributed by atoms with Gasteiger partial charge in [-0.2, -0.15) is 4.98 Å². The fourth-order valence-electron chi connectivity index (χ4n) is 1.54. The first-order chi connectivity index (χ1) is 8.22. The number of hydrogen-bond donors (Lipinski definition) is 2. The molecule has 0 aliphatic heterocycles. The van der Waals surface area contributed by atoms with Gasteiger partial charge in [0.25, 0.3) is 5.89 Å². The van der Waals surface area contributed by atoms with E-state index < -0.39 is 0 Å². The standard InChI is InChI=1S/C12H14N2O3/c1-2-3-7-10-13-12(17-14-10)11-8(15)5-4-6-9(11)16/h4-6,15-16H,2-3,7H2,1H3. The summed E-state index contributed by atoms with van der Waals surface area (Å²) >= 11 is 0. The summed E-state index contributed by atoms with van der Waals surface area (Å²) in [5, 5.41) is 23.1. The number of unbranched alkanes of at least 4 members (excludes halogenated alkanes) is 1. The van der Waals surface area contributed by atoms with Crippen molar-refractivity contribution in [1.29, 1.82) is 0 Å². The highest BCUT2D eigenvalue weighted by Crippen LogP contribution is 2.35. The van der Waals surface area contributed by atoms with Gasteiger partial charge in [-0.25, -0.2) is 0 Å². The van der Waals surface area contributed by atoms with Crippen LogP contribution in [0.5, 0.6) is 11.5 Å². The van der Waals surface area contributed by atoms with Crippen molar-refractivity contribution in [3.05, 3.63) is 24.0 Å². The molecule has 0 radical (unpaired) electrons. The van der Waals surface area contributed by atoms with Crippen LogP contribution in [0, 0.1) is 0 Å². The van der Waals surface area contributed by atoms with Crippen molar-refractivity contribution < 1.29 is 14.7 Å². The molecule has 2 aromatic rings. The van der Waals surface area contributed by atoms with Crippen LogP contribution in [0.2, 0.25) is 0 Å². The van der Waals surface area contributed by atoms with Gasteiger partial charge < -0.3 is 14.7 Å². The minimum Gasteiger partial charge on any atom is -0.507 e. The molecule has 0 unspecified atom stereocenters. The number of hydrogen-bond acceptors (Lipinski definition) is 5. The number of aromatic nitrogens is 2. The van der Waals surface area contributed by atoms with E-state index in [0.717, 1.165) is 19.3 Å². The van der Waals surface area contributed by atoms with E-state index in [4.69, 9.17) is 4.52 Å². The minimum absolute atomic E-state index is 0.0734. The second-order valence-electron chi connectivity index (χ2n) is 3.79. The Morgan fingerprint density at radius 2 is 1.94 bits per heavy atom. The lowest BCUT2D eigenvalue weighted by Crippen LogP contribution is -1.87. The van der Waals surface area contributed by atoms with E-state index >= 15 is 0 Å². The van der Waals surface area contributed by atoms with Crippen LogP contribution in [-0.2, 0) is 6.42 Å². The molecule has 90 valence electrons. The maximum absolute atomic E-state index is 9.64. The molecule has 5 nitrogen and oxygen atoms in total. The monoisotopic (exact) mass is 234 g/mol. The zero-order valence-corrected chi connectivity index (χ0v) is 9.55. The highest BCUT2D eigenvalue weighted by Gasteiger charge is 2.16. The van der Waals surface area contributed by atoms with E-state index in [1.54, 1.807) is 6.07 Å². The van der Waals surface area contributed by atoms with Crippen LogP contribution in [0.25, 0.3) is 11.5 Å². The first kappa shape index (κ1) is 11.4. The number of nitrogens with zero attached hydrogens (tertiary/aromatic N) is 2. The van der Waals surface area contributed by atoms with Crippen LogP contribution in [0.4, 0.5) is 0 Å². The molecule has 0 atom stereocenters. The molecule has 0 amide bonds. The summed E-state index contributed by atoms with van der Waals surface area (Å²) in [5.41, 5.74) is 0.183. The third kappa shape index (κ3) is 2.38. The Bertz CT molecular complexity index is 488. The zero-order chi connectivity index (χ0) is 12.3. The fourth-order valence-corrected chi connectivity index (χ4v) is 1.54. The molecule has 2 N–H and O–H groups in total. The predicted molar refractivity (Wildman–Crippen MR) is 61.7 cm³/mol. The minimum atomic E-state index is -0.0734. The molecule has 0 aliphatic carbocycles. The van der Waals surface area contributed by atoms with E-state index in [1.165, 1.54) is 12.1 Å². The Balaban J connectivity index is 2.30. The molecule has 1 heterocycles. The number of phenolic OH excluding ortho intramolecular Hbond substituents is 2. The molecule has 1 aromatic heterocycles. The molecular weight excluding hydrogens is 220 g/mol. The Kier molecular flexibility index (Phi) is 3.27. The van der Waals surface area contributed by atoms with Crippen molar-refractivity contribution in [3.8, 4) is 23.0 Å². The van der Waals surface area contributed by atoms with Crippen LogP contribution in [0.15, 0.2) is 22.7 Å². The summed E-state index contributed by atoms with van der Waals surface area (Å²) in [6.07, 6.45) is 2.76. The van der Waals surface area contributed by atoms with E-state index in [2.05, 4.69) is 17.1 Å². The van der Waals surface area contributed by atoms with E-state index in [9.17, 15) is 10.2 Å². The van der Waals surface area contributed by atoms with Gasteiger partial charge in [-0.15, -0.1) is 0 Å². The van der Waals surface area contributed by atoms with Crippen LogP contribution in [0.1, 0.15) is 25.6 Å². The average molecular weight is 234 g/mol. The van der Waals surface area contributed by atoms with Crippen molar-refractivity contribution in [2.75, 3.05) is 0 Å². The van der Waals surface area contributed by atoms with E-state index in [-0.39, 0.29) is 23.0 Å². The lowest BCUT2D eigenvalue weighted by atomic mass is 10.2. The summed E-state index contributed by atoms with van der Waals surface area (Å²) in [6, 6.07) is 4.47. The van der Waals surface area contributed by atoms with Gasteiger partial charge >= 0.3 is 0 Å². The van der Waals surface area contributed by atoms with Gasteiger partial charge in [0.05, 0.1) is 0 Å². The molecule has 0 fully saturated rings. The van der Waals surface area contributed by atoms with Crippen LogP contribution < -0.4 is 0 Å². The molecule has 0 bridgehead atoms. The maximum atomic E-state index is 9.64. The first-order valence-electron chi connectivity index (χ1n) is 5.56. The third-order valence-corrected chi connectivity index (χ3v) is 2.46. The Morgan fingerprint density at radius 3 is 2.59 bits per heavy atom. The lowest BCUT2D eigenvalue weighted by Gasteiger charge is -2.00. The summed E-state index contributed by atoms with van der Waals surface area (Å²) in [4.78, 5) is 4.14. The Morgan fingerprint density at radius 1 is 1.24 bits per heavy atom. The van der Waals surface area contributed by atoms with Gasteiger partial charge in [0.1, 0.15) is 17.1 Å². The summed E-state index contributed by atoms with van der Waals surface area (Å²) in [7, 11) is 0. The molecule has 0 spiro atoms. The number of aryl methyl sites for hydroxylation is 1. The molecular formula is C12H14N2O3. The number of rotatable bonds is 4. The molecule has 0 aliphatic rings. The molecule has 1 aromatic carbocycles. The highest BCUT2D eigenvalue weighted by molar-refractivity contribution is 5.69. The Labute approximate surface area is 98.7 Å². The van der Waals surface area contributed by atoms with Crippen molar-refractivity contribution in [3.63, 3.8) is 0 Å². The van der Waals surface area contributed by atoms with Gasteiger partial charge in [-0.05, 0) is 18.6 Å². The van der Waals surface area contributed by atoms with Crippen LogP contribution in [0.3, 0.4) is 0 Å². The summed E-state index contributed by atoms with van der Waals surface area (Å²) < 4.78 is 5.03. The van der Waals surface area contributed by atoms with Gasteiger partial charge in [0, 0.05) is 6.42 Å². The summed E-state index contributed by atoms with van der Waals surface area (Å²) in [5.74, 6) is 0.586. The van der Waals surface area contributed by atoms with Gasteiger partial charge in [0.15, 0.2) is 5.82 Å². The van der Waals surface area contributed by atoms with Crippen LogP contribution >= 0.6 is 0 Å². The van der Waals surface area contributed by atoms with E-state index in [1.807, 2.05) is 0 Å². The third-order valence-electron chi connectivity index (χ3n) is 2.46. The topological polar surface area (TPSA) is 79.4 Å². The van der Waals surface area contributed by atoms with Gasteiger partial charge in [-0.1, -0.05) is 24.6 Å². The van der Waals surface area contributed by atoms with Crippen molar-refractivity contribution >= 4 is 0 Å². The van der Waals surface area contributed by atoms with Gasteiger partial charge in [0.2, 0.25) is 0 Å². The largest absolute Gasteiger partial charge is 0.507 e. The molecule has 5 heteroatoms. The van der Waals surface area contributed by atoms with Crippen LogP contribution in [-0.4, -0.2) is 20.4 Å². The smallest absolute Gasteiger partial charge is 0.265 e. The number of phenols is 2. The fraction of sp³-hybridized carbons (Fsp3) is 0.333. The van der Waals surface area contributed by atoms with Crippen molar-refractivity contribution in [1.82, 2.24) is 10.1 Å². The zero-order valence-electron chi connectivity index (χ0n) is 9.55. The molecule has 0 saturated carbocycles.